The Morgan fingerprint density at radius 2 is 1.72 bits per heavy atom. The first-order valence-electron chi connectivity index (χ1n) is 25.2. The van der Waals surface area contributed by atoms with Crippen LogP contribution in [-0.2, 0) is 27.3 Å². The first kappa shape index (κ1) is 47.3. The second kappa shape index (κ2) is 18.8. The van der Waals surface area contributed by atoms with E-state index in [-0.39, 0.29) is 65.3 Å². The van der Waals surface area contributed by atoms with Gasteiger partial charge in [-0.1, -0.05) is 13.0 Å². The number of pyridine rings is 1. The third-order valence-electron chi connectivity index (χ3n) is 15.6. The molecule has 7 heterocycles. The summed E-state index contributed by atoms with van der Waals surface area (Å²) in [6.45, 7) is 12.9. The highest BCUT2D eigenvalue weighted by Crippen LogP contribution is 2.47. The van der Waals surface area contributed by atoms with Gasteiger partial charge in [0.15, 0.2) is 5.82 Å². The number of imide groups is 1. The van der Waals surface area contributed by atoms with Gasteiger partial charge >= 0.3 is 6.01 Å². The van der Waals surface area contributed by atoms with E-state index < -0.39 is 29.2 Å². The molecule has 5 aromatic rings. The first-order chi connectivity index (χ1) is 34.2. The molecule has 3 N–H and O–H groups in total. The number of rotatable bonds is 12. The number of carbonyl (C=O) groups is 3. The van der Waals surface area contributed by atoms with Crippen LogP contribution in [-0.4, -0.2) is 154 Å². The van der Waals surface area contributed by atoms with E-state index in [4.69, 9.17) is 14.5 Å². The number of aliphatic hydroxyl groups is 1. The number of nitrogens with one attached hydrogen (secondary N) is 1. The molecule has 0 bridgehead atoms. The van der Waals surface area contributed by atoms with Crippen molar-refractivity contribution in [3.63, 3.8) is 0 Å². The lowest BCUT2D eigenvalue weighted by Crippen LogP contribution is -2.52. The minimum absolute atomic E-state index is 0.0159. The minimum Gasteiger partial charge on any atom is -0.508 e. The molecule has 2 atom stereocenters. The molecule has 5 aliphatic heterocycles. The van der Waals surface area contributed by atoms with Gasteiger partial charge in [0.05, 0.1) is 31.8 Å². The Labute approximate surface area is 410 Å². The average molecular weight is 974 g/mol. The molecule has 0 radical (unpaired) electrons. The van der Waals surface area contributed by atoms with Crippen LogP contribution in [0.4, 0.5) is 20.3 Å². The van der Waals surface area contributed by atoms with Gasteiger partial charge in [-0.15, -0.1) is 0 Å². The Balaban J connectivity index is 0.729. The van der Waals surface area contributed by atoms with Crippen molar-refractivity contribution in [2.45, 2.75) is 77.0 Å². The maximum atomic E-state index is 17.2. The van der Waals surface area contributed by atoms with Gasteiger partial charge in [0.25, 0.3) is 5.91 Å². The number of aryl methyl sites for hydroxylation is 1. The van der Waals surface area contributed by atoms with Crippen LogP contribution in [0.3, 0.4) is 0 Å². The smallest absolute Gasteiger partial charge is 0.319 e. The normalized spacial score (nSPS) is 23.4. The second-order valence-electron chi connectivity index (χ2n) is 21.0. The van der Waals surface area contributed by atoms with Gasteiger partial charge in [-0.25, -0.2) is 8.78 Å². The van der Waals surface area contributed by atoms with Crippen LogP contribution in [0.2, 0.25) is 0 Å². The highest BCUT2D eigenvalue weighted by atomic mass is 19.1. The zero-order valence-corrected chi connectivity index (χ0v) is 40.4. The molecule has 5 fully saturated rings. The third kappa shape index (κ3) is 9.46. The van der Waals surface area contributed by atoms with Crippen LogP contribution in [0.5, 0.6) is 11.8 Å². The third-order valence-corrected chi connectivity index (χ3v) is 15.6. The first-order valence-corrected chi connectivity index (χ1v) is 25.2. The van der Waals surface area contributed by atoms with Crippen molar-refractivity contribution in [1.29, 1.82) is 0 Å². The molecule has 18 heteroatoms. The van der Waals surface area contributed by atoms with Gasteiger partial charge in [0.1, 0.15) is 40.2 Å². The van der Waals surface area contributed by atoms with Gasteiger partial charge in [-0.2, -0.15) is 9.97 Å². The SMILES string of the molecule is CCc1c(F)ccc2cc(O)cc(-c3ncc4c(N5CCOCC(C)(O)C5)nc(OCC5(CN6CCC(CN7CCN(c8ccc9c(c8)CN([C@H]8CCC(=O)NC8=O)C9=O)CC7)CC6)CC5)nc4c3F)c12. The number of amides is 3. The minimum atomic E-state index is -1.20. The van der Waals surface area contributed by atoms with Gasteiger partial charge < -0.3 is 39.3 Å². The standard InChI is InChI=1S/C53H61F2N9O7/c1-3-37-41(54)7-4-33-23-36(65)24-39(44(33)37)46-45(55)47-40(25-56-46)48(63-20-21-70-30-52(2,69)28-63)59-51(58-47)71-31-53(12-13-53)29-61-14-10-32(11-15-61)26-60-16-18-62(19-17-60)35-5-6-38-34(22-35)27-64(50(38)68)42-8-9-43(66)57-49(42)67/h4-7,22-25,32,42,65,69H,3,8-21,26-31H2,1-2H3,(H,57,66,67)/t42-,52?/m0/s1. The molecule has 71 heavy (non-hydrogen) atoms. The summed E-state index contributed by atoms with van der Waals surface area (Å²) in [5.74, 6) is -1.16. The second-order valence-corrected chi connectivity index (χ2v) is 21.0. The number of piperazine rings is 1. The Morgan fingerprint density at radius 1 is 0.915 bits per heavy atom. The van der Waals surface area contributed by atoms with E-state index in [0.29, 0.717) is 78.2 Å². The van der Waals surface area contributed by atoms with E-state index in [9.17, 15) is 24.6 Å². The number of anilines is 2. The number of phenolic OH excluding ortho intramolecular Hbond substituents is 1. The van der Waals surface area contributed by atoms with Gasteiger partial charge in [-0.3, -0.25) is 29.6 Å². The maximum Gasteiger partial charge on any atom is 0.319 e. The van der Waals surface area contributed by atoms with Crippen molar-refractivity contribution in [3.8, 4) is 23.0 Å². The number of halogens is 2. The van der Waals surface area contributed by atoms with Crippen molar-refractivity contribution in [1.82, 2.24) is 35.0 Å². The van der Waals surface area contributed by atoms with E-state index >= 15 is 8.78 Å². The lowest BCUT2D eigenvalue weighted by molar-refractivity contribution is -0.136. The summed E-state index contributed by atoms with van der Waals surface area (Å²) in [5, 5.41) is 25.6. The van der Waals surface area contributed by atoms with Crippen LogP contribution >= 0.6 is 0 Å². The highest BCUT2D eigenvalue weighted by molar-refractivity contribution is 6.06. The summed E-state index contributed by atoms with van der Waals surface area (Å²) in [4.78, 5) is 62.5. The number of fused-ring (bicyclic) bond motifs is 3. The molecule has 3 amide bonds. The maximum absolute atomic E-state index is 17.2. The Bertz CT molecular complexity index is 2920. The molecule has 3 aromatic carbocycles. The van der Waals surface area contributed by atoms with Crippen LogP contribution in [0.15, 0.2) is 48.7 Å². The summed E-state index contributed by atoms with van der Waals surface area (Å²) in [7, 11) is 0. The summed E-state index contributed by atoms with van der Waals surface area (Å²) in [6.07, 6.45) is 6.63. The zero-order valence-electron chi connectivity index (χ0n) is 40.4. The van der Waals surface area contributed by atoms with Crippen molar-refractivity contribution in [2.75, 3.05) is 95.1 Å². The zero-order chi connectivity index (χ0) is 49.2. The van der Waals surface area contributed by atoms with Crippen LogP contribution in [0.1, 0.15) is 73.9 Å². The number of aromatic hydroxyl groups is 1. The molecular weight excluding hydrogens is 913 g/mol. The number of likely N-dealkylation sites (tertiary alicyclic amines) is 1. The fourth-order valence-corrected chi connectivity index (χ4v) is 11.6. The quantitative estimate of drug-likeness (QED) is 0.135. The largest absolute Gasteiger partial charge is 0.508 e. The number of aromatic nitrogens is 3. The average Bonchev–Trinajstić information content (AvgIpc) is 4.09. The fourth-order valence-electron chi connectivity index (χ4n) is 11.6. The predicted molar refractivity (Wildman–Crippen MR) is 262 cm³/mol. The van der Waals surface area contributed by atoms with Crippen molar-refractivity contribution in [2.24, 2.45) is 11.3 Å². The summed E-state index contributed by atoms with van der Waals surface area (Å²) in [5.41, 5.74) is 1.89. The van der Waals surface area contributed by atoms with E-state index in [0.717, 1.165) is 89.3 Å². The van der Waals surface area contributed by atoms with Gasteiger partial charge in [0.2, 0.25) is 11.8 Å². The Morgan fingerprint density at radius 3 is 2.48 bits per heavy atom. The molecule has 4 saturated heterocycles. The number of phenols is 1. The Kier molecular flexibility index (Phi) is 12.5. The number of hydrogen-bond acceptors (Lipinski definition) is 14. The molecule has 1 saturated carbocycles. The van der Waals surface area contributed by atoms with Crippen LogP contribution in [0, 0.1) is 23.0 Å². The van der Waals surface area contributed by atoms with Gasteiger partial charge in [0, 0.05) is 87.2 Å². The molecule has 1 unspecified atom stereocenters. The topological polar surface area (TPSA) is 177 Å². The van der Waals surface area contributed by atoms with Crippen molar-refractivity contribution >= 4 is 50.9 Å². The van der Waals surface area contributed by atoms with Crippen LogP contribution < -0.4 is 19.9 Å². The lowest BCUT2D eigenvalue weighted by atomic mass is 9.94. The molecule has 2 aromatic heterocycles. The monoisotopic (exact) mass is 973 g/mol. The number of ether oxygens (including phenoxy) is 2. The number of benzene rings is 3. The van der Waals surface area contributed by atoms with E-state index in [1.807, 2.05) is 24.0 Å². The van der Waals surface area contributed by atoms with E-state index in [1.54, 1.807) is 17.9 Å². The van der Waals surface area contributed by atoms with E-state index in [1.165, 1.54) is 24.4 Å². The van der Waals surface area contributed by atoms with E-state index in [2.05, 4.69) is 36.1 Å². The molecule has 16 nitrogen and oxygen atoms in total. The number of carbonyl (C=O) groups excluding carboxylic acids is 3. The van der Waals surface area contributed by atoms with Crippen LogP contribution in [0.25, 0.3) is 32.9 Å². The molecule has 6 aliphatic rings. The van der Waals surface area contributed by atoms with Crippen molar-refractivity contribution < 1.29 is 42.9 Å². The number of nitrogens with zero attached hydrogens (tertiary/aromatic N) is 8. The summed E-state index contributed by atoms with van der Waals surface area (Å²) < 4.78 is 44.6. The number of β-amino-alcohol motifs (C(OH)–C–C–N with tert-alkyl or cyclic N) is 1. The van der Waals surface area contributed by atoms with Gasteiger partial charge in [-0.05, 0) is 123 Å². The summed E-state index contributed by atoms with van der Waals surface area (Å²) >= 11 is 0. The van der Waals surface area contributed by atoms with Crippen molar-refractivity contribution in [3.05, 3.63) is 77.0 Å². The number of hydrogen-bond donors (Lipinski definition) is 3. The lowest BCUT2D eigenvalue weighted by Gasteiger charge is -2.40. The molecule has 11 rings (SSSR count). The molecular formula is C53H61F2N9O7. The molecule has 1 aliphatic carbocycles. The number of piperidine rings is 2. The summed E-state index contributed by atoms with van der Waals surface area (Å²) in [6, 6.07) is 11.2. The molecule has 0 spiro atoms. The Hall–Kier alpha value is -6.08. The fraction of sp³-hybridized carbons (Fsp3) is 0.509. The predicted octanol–water partition coefficient (Wildman–Crippen LogP) is 5.43. The highest BCUT2D eigenvalue weighted by Gasteiger charge is 2.46. The molecule has 374 valence electrons.